The van der Waals surface area contributed by atoms with Gasteiger partial charge in [0, 0.05) is 6.42 Å². The second-order valence-corrected chi connectivity index (χ2v) is 6.29. The molecule has 0 amide bonds. The van der Waals surface area contributed by atoms with Crippen molar-refractivity contribution in [3.63, 3.8) is 0 Å². The van der Waals surface area contributed by atoms with E-state index in [1.165, 1.54) is 16.7 Å². The Morgan fingerprint density at radius 3 is 2.83 bits per heavy atom. The number of aliphatic hydroxyl groups excluding tert-OH is 1. The minimum atomic E-state index is -0.108. The molecule has 126 valence electrons. The summed E-state index contributed by atoms with van der Waals surface area (Å²) in [6, 6.07) is 6.22. The summed E-state index contributed by atoms with van der Waals surface area (Å²) in [5.74, 6) is 0.924. The molecule has 24 heavy (non-hydrogen) atoms. The van der Waals surface area contributed by atoms with Crippen molar-refractivity contribution in [2.75, 3.05) is 6.61 Å². The Hall–Kier alpha value is -2.26. The van der Waals surface area contributed by atoms with E-state index in [1.807, 2.05) is 6.07 Å². The van der Waals surface area contributed by atoms with E-state index in [4.69, 9.17) is 14.6 Å². The van der Waals surface area contributed by atoms with Crippen LogP contribution in [0, 0.1) is 0 Å². The third-order valence-corrected chi connectivity index (χ3v) is 4.40. The lowest BCUT2D eigenvalue weighted by Crippen LogP contribution is -2.25. The minimum Gasteiger partial charge on any atom is -0.509 e. The van der Waals surface area contributed by atoms with Gasteiger partial charge in [0.2, 0.25) is 0 Å². The highest BCUT2D eigenvalue weighted by Gasteiger charge is 2.17. The van der Waals surface area contributed by atoms with Gasteiger partial charge in [-0.1, -0.05) is 31.4 Å². The normalized spacial score (nSPS) is 20.3. The number of rotatable bonds is 5. The predicted molar refractivity (Wildman–Crippen MR) is 97.0 cm³/mol. The van der Waals surface area contributed by atoms with E-state index >= 15 is 0 Å². The van der Waals surface area contributed by atoms with Crippen LogP contribution in [0.2, 0.25) is 0 Å². The fraction of sp³-hybridized carbons (Fsp3) is 0.333. The first-order valence-electron chi connectivity index (χ1n) is 8.49. The van der Waals surface area contributed by atoms with Gasteiger partial charge in [-0.05, 0) is 66.2 Å². The maximum atomic E-state index is 9.16. The average Bonchev–Trinajstić information content (AvgIpc) is 2.60. The summed E-state index contributed by atoms with van der Waals surface area (Å²) >= 11 is 0. The Bertz CT molecular complexity index is 691. The standard InChI is InChI=1S/C21H24O3/c1-15(6-7-16(2)22)17-8-9-19-14-20(11-10-18(19)13-17)24-21-5-3-4-12-23-21/h6-7,10-11,13-14,21-22H,1-5,8-9,12H2/b7-6-. The van der Waals surface area contributed by atoms with Crippen LogP contribution >= 0.6 is 0 Å². The van der Waals surface area contributed by atoms with E-state index < -0.39 is 0 Å². The summed E-state index contributed by atoms with van der Waals surface area (Å²) in [6.45, 7) is 8.31. The van der Waals surface area contributed by atoms with Crippen molar-refractivity contribution >= 4 is 6.08 Å². The van der Waals surface area contributed by atoms with Gasteiger partial charge in [0.15, 0.2) is 6.29 Å². The number of ether oxygens (including phenoxy) is 2. The topological polar surface area (TPSA) is 38.7 Å². The zero-order chi connectivity index (χ0) is 16.9. The highest BCUT2D eigenvalue weighted by Crippen LogP contribution is 2.31. The Balaban J connectivity index is 1.71. The van der Waals surface area contributed by atoms with Crippen LogP contribution in [0.5, 0.6) is 5.75 Å². The molecule has 1 saturated heterocycles. The molecule has 3 nitrogen and oxygen atoms in total. The van der Waals surface area contributed by atoms with Gasteiger partial charge in [0.05, 0.1) is 6.61 Å². The molecule has 0 spiro atoms. The zero-order valence-corrected chi connectivity index (χ0v) is 14.0. The summed E-state index contributed by atoms with van der Waals surface area (Å²) in [4.78, 5) is 0. The second-order valence-electron chi connectivity index (χ2n) is 6.29. The summed E-state index contributed by atoms with van der Waals surface area (Å²) in [6.07, 6.45) is 10.6. The fourth-order valence-corrected chi connectivity index (χ4v) is 3.05. The van der Waals surface area contributed by atoms with Gasteiger partial charge in [-0.2, -0.15) is 0 Å². The highest BCUT2D eigenvalue weighted by molar-refractivity contribution is 5.66. The van der Waals surface area contributed by atoms with Crippen molar-refractivity contribution in [2.24, 2.45) is 0 Å². The largest absolute Gasteiger partial charge is 0.509 e. The van der Waals surface area contributed by atoms with Crippen molar-refractivity contribution in [1.29, 1.82) is 0 Å². The Kier molecular flexibility index (Phi) is 5.21. The van der Waals surface area contributed by atoms with Crippen LogP contribution in [-0.4, -0.2) is 18.0 Å². The average molecular weight is 324 g/mol. The van der Waals surface area contributed by atoms with Gasteiger partial charge < -0.3 is 14.6 Å². The molecule has 1 heterocycles. The SMILES string of the molecule is C=C(O)/C=C\C(=C)C1=Cc2ccc(OC3CCCCO3)cc2CC1. The number of fused-ring (bicyclic) bond motifs is 1. The van der Waals surface area contributed by atoms with E-state index in [9.17, 15) is 0 Å². The van der Waals surface area contributed by atoms with Gasteiger partial charge in [-0.3, -0.25) is 0 Å². The number of benzene rings is 1. The molecule has 1 N–H and O–H groups in total. The summed E-state index contributed by atoms with van der Waals surface area (Å²) in [5.41, 5.74) is 4.58. The molecule has 0 radical (unpaired) electrons. The first-order chi connectivity index (χ1) is 11.6. The van der Waals surface area contributed by atoms with Crippen LogP contribution in [-0.2, 0) is 11.2 Å². The van der Waals surface area contributed by atoms with Crippen molar-refractivity contribution in [1.82, 2.24) is 0 Å². The van der Waals surface area contributed by atoms with Gasteiger partial charge in [0.1, 0.15) is 11.5 Å². The number of hydrogen-bond acceptors (Lipinski definition) is 3. The number of allylic oxidation sites excluding steroid dienone is 4. The van der Waals surface area contributed by atoms with Crippen molar-refractivity contribution in [2.45, 2.75) is 38.4 Å². The third kappa shape index (κ3) is 4.18. The van der Waals surface area contributed by atoms with E-state index in [-0.39, 0.29) is 12.0 Å². The second kappa shape index (κ2) is 7.54. The van der Waals surface area contributed by atoms with Gasteiger partial charge >= 0.3 is 0 Å². The molecule has 1 unspecified atom stereocenters. The summed E-state index contributed by atoms with van der Waals surface area (Å²) in [7, 11) is 0. The summed E-state index contributed by atoms with van der Waals surface area (Å²) < 4.78 is 11.6. The Morgan fingerprint density at radius 1 is 1.21 bits per heavy atom. The molecule has 0 bridgehead atoms. The molecule has 1 aliphatic carbocycles. The van der Waals surface area contributed by atoms with Crippen LogP contribution in [0.4, 0.5) is 0 Å². The molecular weight excluding hydrogens is 300 g/mol. The first-order valence-corrected chi connectivity index (χ1v) is 8.49. The molecule has 1 aromatic rings. The van der Waals surface area contributed by atoms with Gasteiger partial charge in [-0.15, -0.1) is 0 Å². The molecule has 0 saturated carbocycles. The minimum absolute atomic E-state index is 0.0414. The molecule has 1 aromatic carbocycles. The van der Waals surface area contributed by atoms with Gasteiger partial charge in [-0.25, -0.2) is 0 Å². The Morgan fingerprint density at radius 2 is 2.08 bits per heavy atom. The van der Waals surface area contributed by atoms with Crippen LogP contribution in [0.3, 0.4) is 0 Å². The van der Waals surface area contributed by atoms with Gasteiger partial charge in [0.25, 0.3) is 0 Å². The van der Waals surface area contributed by atoms with Crippen LogP contribution < -0.4 is 4.74 Å². The first kappa shape index (κ1) is 16.6. The smallest absolute Gasteiger partial charge is 0.199 e. The number of hydrogen-bond donors (Lipinski definition) is 1. The molecular formula is C21H24O3. The monoisotopic (exact) mass is 324 g/mol. The van der Waals surface area contributed by atoms with E-state index in [1.54, 1.807) is 12.2 Å². The van der Waals surface area contributed by atoms with E-state index in [0.717, 1.165) is 50.0 Å². The van der Waals surface area contributed by atoms with Crippen LogP contribution in [0.1, 0.15) is 36.8 Å². The van der Waals surface area contributed by atoms with Crippen LogP contribution in [0.15, 0.2) is 60.4 Å². The molecule has 3 heteroatoms. The molecule has 1 aliphatic heterocycles. The van der Waals surface area contributed by atoms with Crippen LogP contribution in [0.25, 0.3) is 6.08 Å². The molecule has 1 atom stereocenters. The predicted octanol–water partition coefficient (Wildman–Crippen LogP) is 5.11. The molecule has 3 rings (SSSR count). The summed E-state index contributed by atoms with van der Waals surface area (Å²) in [5, 5.41) is 9.16. The maximum absolute atomic E-state index is 9.16. The maximum Gasteiger partial charge on any atom is 0.199 e. The number of aliphatic hydroxyl groups is 1. The lowest BCUT2D eigenvalue weighted by molar-refractivity contribution is -0.105. The zero-order valence-electron chi connectivity index (χ0n) is 14.0. The van der Waals surface area contributed by atoms with E-state index in [0.29, 0.717) is 0 Å². The lowest BCUT2D eigenvalue weighted by atomic mass is 9.89. The third-order valence-electron chi connectivity index (χ3n) is 4.40. The number of aryl methyl sites for hydroxylation is 1. The quantitative estimate of drug-likeness (QED) is 0.604. The van der Waals surface area contributed by atoms with Crippen molar-refractivity contribution < 1.29 is 14.6 Å². The highest BCUT2D eigenvalue weighted by atomic mass is 16.7. The van der Waals surface area contributed by atoms with E-state index in [2.05, 4.69) is 31.4 Å². The van der Waals surface area contributed by atoms with Crippen molar-refractivity contribution in [3.8, 4) is 5.75 Å². The van der Waals surface area contributed by atoms with Crippen molar-refractivity contribution in [3.05, 3.63) is 71.5 Å². The fourth-order valence-electron chi connectivity index (χ4n) is 3.05. The molecule has 0 aromatic heterocycles. The molecule has 1 fully saturated rings. The lowest BCUT2D eigenvalue weighted by Gasteiger charge is -2.24. The molecule has 2 aliphatic rings. The Labute approximate surface area is 143 Å².